The molecule has 16 heavy (non-hydrogen) atoms. The van der Waals surface area contributed by atoms with Crippen molar-refractivity contribution in [1.29, 1.82) is 0 Å². The van der Waals surface area contributed by atoms with Crippen LogP contribution in [0.5, 0.6) is 0 Å². The molecular weight excluding hydrogens is 221 g/mol. The number of alkyl halides is 3. The van der Waals surface area contributed by atoms with E-state index in [0.29, 0.717) is 6.20 Å². The maximum atomic E-state index is 12.2. The number of aromatic nitrogens is 1. The van der Waals surface area contributed by atoms with Crippen molar-refractivity contribution in [1.82, 2.24) is 10.3 Å². The number of nitrogens with zero attached hydrogens (tertiary/aromatic N) is 1. The van der Waals surface area contributed by atoms with Crippen LogP contribution in [0.3, 0.4) is 0 Å². The zero-order chi connectivity index (χ0) is 12.3. The highest BCUT2D eigenvalue weighted by Gasteiger charge is 2.30. The van der Waals surface area contributed by atoms with Gasteiger partial charge in [0.2, 0.25) is 0 Å². The highest BCUT2D eigenvalue weighted by Crippen LogP contribution is 2.28. The largest absolute Gasteiger partial charge is 0.417 e. The summed E-state index contributed by atoms with van der Waals surface area (Å²) in [6.45, 7) is 3.50. The molecule has 0 aliphatic carbocycles. The van der Waals surface area contributed by atoms with Gasteiger partial charge in [0.1, 0.15) is 5.69 Å². The summed E-state index contributed by atoms with van der Waals surface area (Å²) in [5, 5.41) is 2.53. The summed E-state index contributed by atoms with van der Waals surface area (Å²) < 4.78 is 36.6. The molecule has 0 bridgehead atoms. The van der Waals surface area contributed by atoms with Crippen LogP contribution in [0.1, 0.15) is 29.9 Å². The van der Waals surface area contributed by atoms with Gasteiger partial charge < -0.3 is 5.32 Å². The van der Waals surface area contributed by atoms with E-state index in [9.17, 15) is 18.0 Å². The molecule has 1 amide bonds. The predicted octanol–water partition coefficient (Wildman–Crippen LogP) is 2.24. The summed E-state index contributed by atoms with van der Waals surface area (Å²) in [5.41, 5.74) is -0.893. The van der Waals surface area contributed by atoms with E-state index in [1.807, 2.05) is 0 Å². The molecule has 0 saturated heterocycles. The summed E-state index contributed by atoms with van der Waals surface area (Å²) >= 11 is 0. The number of carbonyl (C=O) groups is 1. The number of carbonyl (C=O) groups excluding carboxylic acids is 1. The van der Waals surface area contributed by atoms with Crippen molar-refractivity contribution >= 4 is 5.91 Å². The van der Waals surface area contributed by atoms with Crippen LogP contribution in [-0.2, 0) is 6.18 Å². The van der Waals surface area contributed by atoms with Gasteiger partial charge in [-0.3, -0.25) is 9.78 Å². The Kier molecular flexibility index (Phi) is 3.51. The third kappa shape index (κ3) is 3.22. The van der Waals surface area contributed by atoms with E-state index >= 15 is 0 Å². The van der Waals surface area contributed by atoms with Crippen LogP contribution in [0.25, 0.3) is 0 Å². The number of amides is 1. The molecule has 0 spiro atoms. The van der Waals surface area contributed by atoms with E-state index in [-0.39, 0.29) is 11.7 Å². The molecule has 0 aromatic carbocycles. The molecule has 1 aromatic heterocycles. The first-order chi connectivity index (χ1) is 7.30. The van der Waals surface area contributed by atoms with E-state index in [1.165, 1.54) is 0 Å². The molecule has 1 rings (SSSR count). The van der Waals surface area contributed by atoms with Crippen molar-refractivity contribution in [2.75, 3.05) is 0 Å². The fraction of sp³-hybridized carbons (Fsp3) is 0.400. The first-order valence-corrected chi connectivity index (χ1v) is 4.65. The van der Waals surface area contributed by atoms with E-state index in [0.717, 1.165) is 12.1 Å². The highest BCUT2D eigenvalue weighted by molar-refractivity contribution is 5.92. The Morgan fingerprint density at radius 1 is 1.38 bits per heavy atom. The minimum absolute atomic E-state index is 0.0262. The standard InChI is InChI=1S/C10H11F3N2O/c1-6(2)15-9(16)8-4-3-7(5-14-8)10(11,12)13/h3-6H,1-2H3,(H,15,16). The molecule has 6 heteroatoms. The number of pyridine rings is 1. The van der Waals surface area contributed by atoms with Crippen LogP contribution in [-0.4, -0.2) is 16.9 Å². The van der Waals surface area contributed by atoms with Crippen LogP contribution in [0.4, 0.5) is 13.2 Å². The van der Waals surface area contributed by atoms with Crippen LogP contribution in [0.15, 0.2) is 18.3 Å². The molecule has 0 atom stereocenters. The van der Waals surface area contributed by atoms with Crippen molar-refractivity contribution < 1.29 is 18.0 Å². The van der Waals surface area contributed by atoms with Gasteiger partial charge in [0, 0.05) is 12.2 Å². The van der Waals surface area contributed by atoms with Gasteiger partial charge in [-0.1, -0.05) is 0 Å². The monoisotopic (exact) mass is 232 g/mol. The van der Waals surface area contributed by atoms with Crippen molar-refractivity contribution in [3.63, 3.8) is 0 Å². The van der Waals surface area contributed by atoms with Crippen LogP contribution in [0, 0.1) is 0 Å². The molecule has 1 aromatic rings. The lowest BCUT2D eigenvalue weighted by Gasteiger charge is -2.09. The van der Waals surface area contributed by atoms with Gasteiger partial charge in [-0.2, -0.15) is 13.2 Å². The van der Waals surface area contributed by atoms with Crippen molar-refractivity contribution in [2.24, 2.45) is 0 Å². The van der Waals surface area contributed by atoms with Crippen LogP contribution < -0.4 is 5.32 Å². The van der Waals surface area contributed by atoms with Crippen LogP contribution in [0.2, 0.25) is 0 Å². The van der Waals surface area contributed by atoms with Gasteiger partial charge in [-0.25, -0.2) is 0 Å². The topological polar surface area (TPSA) is 42.0 Å². The Hall–Kier alpha value is -1.59. The molecular formula is C10H11F3N2O. The Morgan fingerprint density at radius 2 is 2.00 bits per heavy atom. The zero-order valence-electron chi connectivity index (χ0n) is 8.80. The molecule has 0 radical (unpaired) electrons. The summed E-state index contributed by atoms with van der Waals surface area (Å²) in [4.78, 5) is 14.8. The normalized spacial score (nSPS) is 11.6. The number of rotatable bonds is 2. The number of hydrogen-bond acceptors (Lipinski definition) is 2. The number of hydrogen-bond donors (Lipinski definition) is 1. The lowest BCUT2D eigenvalue weighted by molar-refractivity contribution is -0.137. The second-order valence-electron chi connectivity index (χ2n) is 3.56. The Bertz CT molecular complexity index is 371. The number of halogens is 3. The molecule has 1 N–H and O–H groups in total. The quantitative estimate of drug-likeness (QED) is 0.849. The van der Waals surface area contributed by atoms with Gasteiger partial charge in [0.05, 0.1) is 5.56 Å². The molecule has 1 heterocycles. The minimum atomic E-state index is -4.43. The summed E-state index contributed by atoms with van der Waals surface area (Å²) in [6, 6.07) is 1.81. The van der Waals surface area contributed by atoms with Gasteiger partial charge in [-0.05, 0) is 26.0 Å². The Morgan fingerprint density at radius 3 is 2.38 bits per heavy atom. The Labute approximate surface area is 90.7 Å². The van der Waals surface area contributed by atoms with E-state index in [1.54, 1.807) is 13.8 Å². The first-order valence-electron chi connectivity index (χ1n) is 4.65. The lowest BCUT2D eigenvalue weighted by atomic mass is 10.2. The minimum Gasteiger partial charge on any atom is -0.349 e. The SMILES string of the molecule is CC(C)NC(=O)c1ccc(C(F)(F)F)cn1. The third-order valence-electron chi connectivity index (χ3n) is 1.74. The first kappa shape index (κ1) is 12.5. The second kappa shape index (κ2) is 4.51. The molecule has 0 aliphatic rings. The average molecular weight is 232 g/mol. The maximum Gasteiger partial charge on any atom is 0.417 e. The van der Waals surface area contributed by atoms with Crippen molar-refractivity contribution in [3.05, 3.63) is 29.6 Å². The van der Waals surface area contributed by atoms with Crippen molar-refractivity contribution in [2.45, 2.75) is 26.1 Å². The van der Waals surface area contributed by atoms with E-state index in [4.69, 9.17) is 0 Å². The zero-order valence-corrected chi connectivity index (χ0v) is 8.80. The van der Waals surface area contributed by atoms with Crippen molar-refractivity contribution in [3.8, 4) is 0 Å². The molecule has 0 unspecified atom stereocenters. The Balaban J connectivity index is 2.83. The smallest absolute Gasteiger partial charge is 0.349 e. The van der Waals surface area contributed by atoms with Gasteiger partial charge >= 0.3 is 6.18 Å². The average Bonchev–Trinajstić information content (AvgIpc) is 2.15. The molecule has 0 fully saturated rings. The summed E-state index contributed by atoms with van der Waals surface area (Å²) in [5.74, 6) is -0.483. The van der Waals surface area contributed by atoms with Crippen LogP contribution >= 0.6 is 0 Å². The second-order valence-corrected chi connectivity index (χ2v) is 3.56. The summed E-state index contributed by atoms with van der Waals surface area (Å²) in [6.07, 6.45) is -3.78. The fourth-order valence-electron chi connectivity index (χ4n) is 1.03. The summed E-state index contributed by atoms with van der Waals surface area (Å²) in [7, 11) is 0. The molecule has 88 valence electrons. The molecule has 0 saturated carbocycles. The van der Waals surface area contributed by atoms with E-state index < -0.39 is 17.6 Å². The number of nitrogens with one attached hydrogen (secondary N) is 1. The maximum absolute atomic E-state index is 12.2. The van der Waals surface area contributed by atoms with Gasteiger partial charge in [-0.15, -0.1) is 0 Å². The lowest BCUT2D eigenvalue weighted by Crippen LogP contribution is -2.30. The van der Waals surface area contributed by atoms with E-state index in [2.05, 4.69) is 10.3 Å². The van der Waals surface area contributed by atoms with Gasteiger partial charge in [0.25, 0.3) is 5.91 Å². The van der Waals surface area contributed by atoms with Gasteiger partial charge in [0.15, 0.2) is 0 Å². The predicted molar refractivity (Wildman–Crippen MR) is 51.8 cm³/mol. The molecule has 3 nitrogen and oxygen atoms in total. The molecule has 0 aliphatic heterocycles. The highest BCUT2D eigenvalue weighted by atomic mass is 19.4. The third-order valence-corrected chi connectivity index (χ3v) is 1.74. The fourth-order valence-corrected chi connectivity index (χ4v) is 1.03.